The molecule has 12 heavy (non-hydrogen) atoms. The van der Waals surface area contributed by atoms with Gasteiger partial charge in [0, 0.05) is 18.6 Å². The van der Waals surface area contributed by atoms with Gasteiger partial charge in [0.05, 0.1) is 17.3 Å². The van der Waals surface area contributed by atoms with Crippen LogP contribution in [0.4, 0.5) is 0 Å². The standard InChI is InChI=1S/C8H6N2O2/c11-8(12)6-3-7-4-9-1-2-10(7)5-6/h1-5H,(H,11,12). The fraction of sp³-hybridized carbons (Fsp3) is 0. The Labute approximate surface area is 68.1 Å². The lowest BCUT2D eigenvalue weighted by Crippen LogP contribution is -1.91. The molecule has 4 heteroatoms. The quantitative estimate of drug-likeness (QED) is 0.681. The molecule has 2 rings (SSSR count). The second kappa shape index (κ2) is 2.34. The molecule has 60 valence electrons. The third-order valence-electron chi connectivity index (χ3n) is 1.65. The van der Waals surface area contributed by atoms with Crippen LogP contribution in [0.15, 0.2) is 30.9 Å². The lowest BCUT2D eigenvalue weighted by molar-refractivity contribution is 0.0697. The summed E-state index contributed by atoms with van der Waals surface area (Å²) in [7, 11) is 0. The van der Waals surface area contributed by atoms with Gasteiger partial charge in [0.15, 0.2) is 0 Å². The van der Waals surface area contributed by atoms with Crippen LogP contribution in [0.1, 0.15) is 10.4 Å². The Morgan fingerprint density at radius 2 is 2.42 bits per heavy atom. The molecule has 0 fully saturated rings. The Bertz CT molecular complexity index is 400. The van der Waals surface area contributed by atoms with Gasteiger partial charge in [-0.3, -0.25) is 4.98 Å². The van der Waals surface area contributed by atoms with Gasteiger partial charge in [0.1, 0.15) is 0 Å². The summed E-state index contributed by atoms with van der Waals surface area (Å²) < 4.78 is 1.72. The highest BCUT2D eigenvalue weighted by Crippen LogP contribution is 2.07. The molecule has 0 aromatic carbocycles. The minimum atomic E-state index is -0.918. The van der Waals surface area contributed by atoms with Crippen molar-refractivity contribution in [3.8, 4) is 0 Å². The van der Waals surface area contributed by atoms with Gasteiger partial charge >= 0.3 is 5.97 Å². The predicted octanol–water partition coefficient (Wildman–Crippen LogP) is 1.03. The minimum Gasteiger partial charge on any atom is -0.478 e. The van der Waals surface area contributed by atoms with Crippen LogP contribution in [0.3, 0.4) is 0 Å². The van der Waals surface area contributed by atoms with Crippen molar-refractivity contribution < 1.29 is 9.90 Å². The van der Waals surface area contributed by atoms with E-state index in [1.165, 1.54) is 0 Å². The highest BCUT2D eigenvalue weighted by molar-refractivity contribution is 5.89. The number of nitrogens with zero attached hydrogens (tertiary/aromatic N) is 2. The predicted molar refractivity (Wildman–Crippen MR) is 42.2 cm³/mol. The first-order valence-electron chi connectivity index (χ1n) is 3.42. The smallest absolute Gasteiger partial charge is 0.337 e. The average Bonchev–Trinajstić information content (AvgIpc) is 2.46. The zero-order chi connectivity index (χ0) is 8.55. The summed E-state index contributed by atoms with van der Waals surface area (Å²) in [5, 5.41) is 8.65. The van der Waals surface area contributed by atoms with Crippen LogP contribution in [0, 0.1) is 0 Å². The van der Waals surface area contributed by atoms with E-state index in [1.54, 1.807) is 35.3 Å². The number of fused-ring (bicyclic) bond motifs is 1. The van der Waals surface area contributed by atoms with Crippen molar-refractivity contribution in [3.05, 3.63) is 36.4 Å². The molecule has 0 amide bonds. The molecule has 0 saturated heterocycles. The summed E-state index contributed by atoms with van der Waals surface area (Å²) in [6.07, 6.45) is 6.49. The summed E-state index contributed by atoms with van der Waals surface area (Å²) >= 11 is 0. The fourth-order valence-corrected chi connectivity index (χ4v) is 1.08. The van der Waals surface area contributed by atoms with Gasteiger partial charge in [-0.1, -0.05) is 0 Å². The molecule has 0 bridgehead atoms. The van der Waals surface area contributed by atoms with Crippen molar-refractivity contribution in [3.63, 3.8) is 0 Å². The molecule has 4 nitrogen and oxygen atoms in total. The summed E-state index contributed by atoms with van der Waals surface area (Å²) in [5.74, 6) is -0.918. The highest BCUT2D eigenvalue weighted by Gasteiger charge is 2.04. The summed E-state index contributed by atoms with van der Waals surface area (Å²) in [6, 6.07) is 1.58. The Balaban J connectivity index is 2.70. The van der Waals surface area contributed by atoms with Crippen LogP contribution < -0.4 is 0 Å². The van der Waals surface area contributed by atoms with Crippen LogP contribution in [0.2, 0.25) is 0 Å². The maximum Gasteiger partial charge on any atom is 0.337 e. The molecule has 0 spiro atoms. The minimum absolute atomic E-state index is 0.281. The van der Waals surface area contributed by atoms with Crippen LogP contribution in [-0.4, -0.2) is 20.5 Å². The van der Waals surface area contributed by atoms with E-state index in [0.717, 1.165) is 5.52 Å². The summed E-state index contributed by atoms with van der Waals surface area (Å²) in [5.41, 5.74) is 1.07. The van der Waals surface area contributed by atoms with E-state index in [-0.39, 0.29) is 5.56 Å². The van der Waals surface area contributed by atoms with E-state index < -0.39 is 5.97 Å². The first kappa shape index (κ1) is 6.84. The van der Waals surface area contributed by atoms with Crippen molar-refractivity contribution in [2.75, 3.05) is 0 Å². The number of hydrogen-bond donors (Lipinski definition) is 1. The van der Waals surface area contributed by atoms with E-state index in [4.69, 9.17) is 5.11 Å². The monoisotopic (exact) mass is 162 g/mol. The van der Waals surface area contributed by atoms with Crippen molar-refractivity contribution in [2.24, 2.45) is 0 Å². The van der Waals surface area contributed by atoms with Crippen molar-refractivity contribution in [2.45, 2.75) is 0 Å². The Morgan fingerprint density at radius 3 is 3.08 bits per heavy atom. The molecule has 2 aromatic rings. The molecule has 0 aliphatic rings. The van der Waals surface area contributed by atoms with Gasteiger partial charge in [0.2, 0.25) is 0 Å². The van der Waals surface area contributed by atoms with Crippen molar-refractivity contribution >= 4 is 11.5 Å². The van der Waals surface area contributed by atoms with Crippen molar-refractivity contribution in [1.82, 2.24) is 9.38 Å². The third kappa shape index (κ3) is 0.934. The Kier molecular flexibility index (Phi) is 1.33. The van der Waals surface area contributed by atoms with E-state index in [0.29, 0.717) is 0 Å². The molecule has 0 aliphatic heterocycles. The number of hydrogen-bond acceptors (Lipinski definition) is 2. The molecule has 0 saturated carbocycles. The second-order valence-corrected chi connectivity index (χ2v) is 2.44. The molecule has 0 atom stereocenters. The van der Waals surface area contributed by atoms with Crippen LogP contribution >= 0.6 is 0 Å². The maximum absolute atomic E-state index is 10.5. The Hall–Kier alpha value is -1.84. The molecule has 0 radical (unpaired) electrons. The topological polar surface area (TPSA) is 54.6 Å². The lowest BCUT2D eigenvalue weighted by Gasteiger charge is -1.88. The number of carbonyl (C=O) groups is 1. The zero-order valence-corrected chi connectivity index (χ0v) is 6.14. The SMILES string of the molecule is O=C(O)c1cc2cnccn2c1. The summed E-state index contributed by atoms with van der Waals surface area (Å²) in [6.45, 7) is 0. The summed E-state index contributed by atoms with van der Waals surface area (Å²) in [4.78, 5) is 14.4. The number of carboxylic acids is 1. The normalized spacial score (nSPS) is 10.3. The number of aromatic carboxylic acids is 1. The fourth-order valence-electron chi connectivity index (χ4n) is 1.08. The van der Waals surface area contributed by atoms with Gasteiger partial charge in [-0.15, -0.1) is 0 Å². The van der Waals surface area contributed by atoms with E-state index in [2.05, 4.69) is 4.98 Å². The average molecular weight is 162 g/mol. The highest BCUT2D eigenvalue weighted by atomic mass is 16.4. The van der Waals surface area contributed by atoms with Crippen LogP contribution in [0.25, 0.3) is 5.52 Å². The number of carboxylic acid groups (broad SMARTS) is 1. The molecule has 1 N–H and O–H groups in total. The van der Waals surface area contributed by atoms with Crippen LogP contribution in [0.5, 0.6) is 0 Å². The first-order valence-corrected chi connectivity index (χ1v) is 3.42. The van der Waals surface area contributed by atoms with Gasteiger partial charge in [0.25, 0.3) is 0 Å². The molecule has 2 aromatic heterocycles. The van der Waals surface area contributed by atoms with E-state index >= 15 is 0 Å². The molecule has 0 aliphatic carbocycles. The first-order chi connectivity index (χ1) is 5.77. The largest absolute Gasteiger partial charge is 0.478 e. The number of rotatable bonds is 1. The van der Waals surface area contributed by atoms with E-state index in [1.807, 2.05) is 0 Å². The maximum atomic E-state index is 10.5. The van der Waals surface area contributed by atoms with Gasteiger partial charge in [-0.25, -0.2) is 4.79 Å². The van der Waals surface area contributed by atoms with Gasteiger partial charge in [-0.05, 0) is 6.07 Å². The zero-order valence-electron chi connectivity index (χ0n) is 6.14. The van der Waals surface area contributed by atoms with E-state index in [9.17, 15) is 4.79 Å². The molecular weight excluding hydrogens is 156 g/mol. The molecule has 0 unspecified atom stereocenters. The molecule has 2 heterocycles. The number of aromatic nitrogens is 2. The van der Waals surface area contributed by atoms with Crippen molar-refractivity contribution in [1.29, 1.82) is 0 Å². The third-order valence-corrected chi connectivity index (χ3v) is 1.65. The molecular formula is C8H6N2O2. The van der Waals surface area contributed by atoms with Gasteiger partial charge in [-0.2, -0.15) is 0 Å². The van der Waals surface area contributed by atoms with Crippen LogP contribution in [-0.2, 0) is 0 Å². The van der Waals surface area contributed by atoms with Gasteiger partial charge < -0.3 is 9.51 Å². The second-order valence-electron chi connectivity index (χ2n) is 2.44. The Morgan fingerprint density at radius 1 is 1.58 bits per heavy atom. The lowest BCUT2D eigenvalue weighted by atomic mass is 10.3.